The normalized spacial score (nSPS) is 11.5. The molecule has 4 heteroatoms. The number of ether oxygens (including phenoxy) is 1. The van der Waals surface area contributed by atoms with Crippen LogP contribution in [0.4, 0.5) is 13.2 Å². The third-order valence-electron chi connectivity index (χ3n) is 1.65. The predicted molar refractivity (Wildman–Crippen MR) is 46.1 cm³/mol. The lowest BCUT2D eigenvalue weighted by Gasteiger charge is -2.10. The van der Waals surface area contributed by atoms with Crippen molar-refractivity contribution in [3.05, 3.63) is 29.3 Å². The lowest BCUT2D eigenvalue weighted by atomic mass is 10.1. The minimum Gasteiger partial charge on any atom is -0.406 e. The number of hydrogen-bond donors (Lipinski definition) is 0. The Balaban J connectivity index is 2.92. The van der Waals surface area contributed by atoms with Crippen molar-refractivity contribution in [1.29, 1.82) is 0 Å². The first-order valence-electron chi connectivity index (χ1n) is 4.19. The molecule has 1 nitrogen and oxygen atoms in total. The molecule has 1 aromatic rings. The van der Waals surface area contributed by atoms with E-state index in [1.165, 1.54) is 12.1 Å². The van der Waals surface area contributed by atoms with Crippen LogP contribution in [-0.4, -0.2) is 6.36 Å². The summed E-state index contributed by atoms with van der Waals surface area (Å²) in [5, 5.41) is 0. The fourth-order valence-corrected chi connectivity index (χ4v) is 1.14. The van der Waals surface area contributed by atoms with Gasteiger partial charge in [-0.2, -0.15) is 0 Å². The molecule has 0 aliphatic carbocycles. The first kappa shape index (κ1) is 10.9. The monoisotopic (exact) mass is 203 g/mol. The maximum Gasteiger partial charge on any atom is 0.573 e. The van der Waals surface area contributed by atoms with E-state index in [2.05, 4.69) is 10.8 Å². The van der Waals surface area contributed by atoms with E-state index in [1.54, 1.807) is 6.92 Å². The highest BCUT2D eigenvalue weighted by molar-refractivity contribution is 5.32. The molecule has 1 rings (SSSR count). The second-order valence-electron chi connectivity index (χ2n) is 2.93. The van der Waals surface area contributed by atoms with Crippen LogP contribution in [0.3, 0.4) is 0 Å². The van der Waals surface area contributed by atoms with E-state index in [0.717, 1.165) is 0 Å². The Morgan fingerprint density at radius 3 is 2.50 bits per heavy atom. The van der Waals surface area contributed by atoms with Gasteiger partial charge in [-0.25, -0.2) is 0 Å². The summed E-state index contributed by atoms with van der Waals surface area (Å²) in [5.41, 5.74) is 1.35. The second-order valence-corrected chi connectivity index (χ2v) is 2.93. The molecule has 0 unspecified atom stereocenters. The van der Waals surface area contributed by atoms with Gasteiger partial charge in [-0.1, -0.05) is 6.92 Å². The summed E-state index contributed by atoms with van der Waals surface area (Å²) in [5.74, 6) is -0.175. The molecule has 0 atom stereocenters. The van der Waals surface area contributed by atoms with Gasteiger partial charge in [0.25, 0.3) is 0 Å². The van der Waals surface area contributed by atoms with Gasteiger partial charge in [-0.05, 0) is 42.7 Å². The molecule has 0 N–H and O–H groups in total. The van der Waals surface area contributed by atoms with Gasteiger partial charge in [0.05, 0.1) is 0 Å². The largest absolute Gasteiger partial charge is 0.573 e. The maximum atomic E-state index is 11.9. The SMILES string of the molecule is CCc1[c]c(C)cc(OC(F)(F)F)c1. The highest BCUT2D eigenvalue weighted by Gasteiger charge is 2.31. The van der Waals surface area contributed by atoms with Gasteiger partial charge in [0.15, 0.2) is 0 Å². The average molecular weight is 203 g/mol. The van der Waals surface area contributed by atoms with Gasteiger partial charge in [0.1, 0.15) is 5.75 Å². The molecule has 1 radical (unpaired) electrons. The van der Waals surface area contributed by atoms with Crippen LogP contribution >= 0.6 is 0 Å². The molecule has 0 heterocycles. The van der Waals surface area contributed by atoms with Crippen LogP contribution in [0.25, 0.3) is 0 Å². The number of aryl methyl sites for hydroxylation is 2. The summed E-state index contributed by atoms with van der Waals surface area (Å²) in [7, 11) is 0. The van der Waals surface area contributed by atoms with Crippen LogP contribution in [0.5, 0.6) is 5.75 Å². The summed E-state index contributed by atoms with van der Waals surface area (Å²) in [4.78, 5) is 0. The molecule has 1 aromatic carbocycles. The maximum absolute atomic E-state index is 11.9. The van der Waals surface area contributed by atoms with E-state index in [9.17, 15) is 13.2 Å². The minimum absolute atomic E-state index is 0.175. The summed E-state index contributed by atoms with van der Waals surface area (Å²) in [6.45, 7) is 3.53. The third-order valence-corrected chi connectivity index (χ3v) is 1.65. The summed E-state index contributed by atoms with van der Waals surface area (Å²) in [6, 6.07) is 5.60. The Hall–Kier alpha value is -1.19. The Kier molecular flexibility index (Phi) is 3.03. The lowest BCUT2D eigenvalue weighted by Crippen LogP contribution is -2.17. The zero-order valence-electron chi connectivity index (χ0n) is 7.90. The first-order valence-corrected chi connectivity index (χ1v) is 4.19. The van der Waals surface area contributed by atoms with Crippen LogP contribution in [0.15, 0.2) is 12.1 Å². The fraction of sp³-hybridized carbons (Fsp3) is 0.400. The van der Waals surface area contributed by atoms with E-state index < -0.39 is 6.36 Å². The summed E-state index contributed by atoms with van der Waals surface area (Å²) < 4.78 is 39.4. The van der Waals surface area contributed by atoms with Crippen molar-refractivity contribution in [2.75, 3.05) is 0 Å². The highest BCUT2D eigenvalue weighted by atomic mass is 19.4. The van der Waals surface area contributed by atoms with Crippen molar-refractivity contribution in [3.8, 4) is 5.75 Å². The zero-order valence-corrected chi connectivity index (χ0v) is 7.90. The number of rotatable bonds is 2. The number of benzene rings is 1. The molecular formula is C10H10F3O. The van der Waals surface area contributed by atoms with Crippen molar-refractivity contribution < 1.29 is 17.9 Å². The topological polar surface area (TPSA) is 9.23 Å². The fourth-order valence-electron chi connectivity index (χ4n) is 1.14. The van der Waals surface area contributed by atoms with Gasteiger partial charge in [0.2, 0.25) is 0 Å². The van der Waals surface area contributed by atoms with Crippen molar-refractivity contribution in [3.63, 3.8) is 0 Å². The first-order chi connectivity index (χ1) is 6.40. The predicted octanol–water partition coefficient (Wildman–Crippen LogP) is 3.26. The summed E-state index contributed by atoms with van der Waals surface area (Å²) >= 11 is 0. The molecule has 0 aromatic heterocycles. The van der Waals surface area contributed by atoms with E-state index in [1.807, 2.05) is 6.92 Å². The quantitative estimate of drug-likeness (QED) is 0.716. The average Bonchev–Trinajstić information content (AvgIpc) is 1.99. The second kappa shape index (κ2) is 3.90. The van der Waals surface area contributed by atoms with Crippen LogP contribution in [0, 0.1) is 13.0 Å². The standard InChI is InChI=1S/C10H10F3O/c1-3-8-4-7(2)5-9(6-8)14-10(11,12)13/h5-6H,3H2,1-2H3. The third kappa shape index (κ3) is 3.28. The van der Waals surface area contributed by atoms with E-state index in [4.69, 9.17) is 0 Å². The lowest BCUT2D eigenvalue weighted by molar-refractivity contribution is -0.274. The van der Waals surface area contributed by atoms with E-state index in [-0.39, 0.29) is 5.75 Å². The molecule has 14 heavy (non-hydrogen) atoms. The summed E-state index contributed by atoms with van der Waals surface area (Å²) in [6.07, 6.45) is -3.99. The molecular weight excluding hydrogens is 193 g/mol. The van der Waals surface area contributed by atoms with Crippen molar-refractivity contribution >= 4 is 0 Å². The number of halogens is 3. The molecule has 0 amide bonds. The van der Waals surface area contributed by atoms with Gasteiger partial charge in [-0.3, -0.25) is 0 Å². The molecule has 0 spiro atoms. The van der Waals surface area contributed by atoms with Gasteiger partial charge in [0, 0.05) is 0 Å². The highest BCUT2D eigenvalue weighted by Crippen LogP contribution is 2.24. The Bertz CT molecular complexity index is 318. The number of alkyl halides is 3. The molecule has 0 saturated heterocycles. The van der Waals surface area contributed by atoms with Crippen LogP contribution in [0.1, 0.15) is 18.1 Å². The molecule has 77 valence electrons. The Morgan fingerprint density at radius 1 is 1.36 bits per heavy atom. The van der Waals surface area contributed by atoms with Crippen LogP contribution in [-0.2, 0) is 6.42 Å². The smallest absolute Gasteiger partial charge is 0.406 e. The Labute approximate surface area is 80.5 Å². The van der Waals surface area contributed by atoms with Gasteiger partial charge in [-0.15, -0.1) is 13.2 Å². The molecule has 0 saturated carbocycles. The van der Waals surface area contributed by atoms with Crippen molar-refractivity contribution in [2.45, 2.75) is 26.6 Å². The van der Waals surface area contributed by atoms with Crippen LogP contribution < -0.4 is 4.74 Å². The van der Waals surface area contributed by atoms with Crippen molar-refractivity contribution in [2.24, 2.45) is 0 Å². The zero-order chi connectivity index (χ0) is 10.8. The van der Waals surface area contributed by atoms with Gasteiger partial charge >= 0.3 is 6.36 Å². The molecule has 0 fully saturated rings. The minimum atomic E-state index is -4.63. The van der Waals surface area contributed by atoms with Gasteiger partial charge < -0.3 is 4.74 Å². The molecule has 0 bridgehead atoms. The Morgan fingerprint density at radius 2 is 2.00 bits per heavy atom. The molecule has 0 aliphatic heterocycles. The van der Waals surface area contributed by atoms with Crippen LogP contribution in [0.2, 0.25) is 0 Å². The number of hydrogen-bond acceptors (Lipinski definition) is 1. The van der Waals surface area contributed by atoms with E-state index >= 15 is 0 Å². The molecule has 0 aliphatic rings. The van der Waals surface area contributed by atoms with E-state index in [0.29, 0.717) is 17.5 Å². The van der Waals surface area contributed by atoms with Crippen molar-refractivity contribution in [1.82, 2.24) is 0 Å².